The average Bonchev–Trinajstić information content (AvgIpc) is 2.79. The first-order valence-electron chi connectivity index (χ1n) is 15.1. The Morgan fingerprint density at radius 1 is 0.312 bits per heavy atom. The van der Waals surface area contributed by atoms with E-state index in [0.29, 0.717) is 0 Å². The third-order valence-electron chi connectivity index (χ3n) is 7.10. The van der Waals surface area contributed by atoms with Gasteiger partial charge in [-0.05, 0) is 32.5 Å². The Labute approximate surface area is 211 Å². The highest BCUT2D eigenvalue weighted by Crippen LogP contribution is 2.15. The van der Waals surface area contributed by atoms with Crippen LogP contribution in [0.1, 0.15) is 175 Å². The third kappa shape index (κ3) is 28.3. The number of rotatable bonds is 27. The molecule has 2 heteroatoms. The molecule has 0 rings (SSSR count). The van der Waals surface area contributed by atoms with Crippen LogP contribution in [0.5, 0.6) is 0 Å². The zero-order chi connectivity index (χ0) is 22.7. The summed E-state index contributed by atoms with van der Waals surface area (Å²) in [6, 6.07) is 0. The van der Waals surface area contributed by atoms with Gasteiger partial charge in [-0.2, -0.15) is 0 Å². The molecule has 0 aliphatic heterocycles. The van der Waals surface area contributed by atoms with Crippen LogP contribution in [-0.2, 0) is 0 Å². The van der Waals surface area contributed by atoms with Gasteiger partial charge in [0.1, 0.15) is 0 Å². The fraction of sp³-hybridized carbons (Fsp3) is 1.00. The molecule has 0 saturated carbocycles. The van der Waals surface area contributed by atoms with Crippen LogP contribution in [0.2, 0.25) is 0 Å². The minimum Gasteiger partial charge on any atom is -0.304 e. The summed E-state index contributed by atoms with van der Waals surface area (Å²) < 4.78 is 0. The number of halogens is 1. The van der Waals surface area contributed by atoms with Crippen molar-refractivity contribution >= 4 is 12.4 Å². The average molecular weight is 474 g/mol. The van der Waals surface area contributed by atoms with Gasteiger partial charge in [-0.15, -0.1) is 12.4 Å². The van der Waals surface area contributed by atoms with E-state index in [-0.39, 0.29) is 12.4 Å². The Morgan fingerprint density at radius 3 is 0.781 bits per heavy atom. The highest BCUT2D eigenvalue weighted by Gasteiger charge is 2.01. The van der Waals surface area contributed by atoms with Crippen LogP contribution in [0.4, 0.5) is 0 Å². The third-order valence-corrected chi connectivity index (χ3v) is 7.10. The Hall–Kier alpha value is 0.250. The van der Waals surface area contributed by atoms with Crippen LogP contribution in [0.25, 0.3) is 0 Å². The molecule has 0 aliphatic carbocycles. The van der Waals surface area contributed by atoms with Gasteiger partial charge in [-0.1, -0.05) is 162 Å². The molecule has 0 fully saturated rings. The molecule has 0 aliphatic rings. The van der Waals surface area contributed by atoms with Gasteiger partial charge in [0.2, 0.25) is 0 Å². The number of unbranched alkanes of at least 4 members (excludes halogenated alkanes) is 22. The van der Waals surface area contributed by atoms with Crippen LogP contribution in [0, 0.1) is 0 Å². The first-order valence-corrected chi connectivity index (χ1v) is 15.1. The van der Waals surface area contributed by atoms with Crippen molar-refractivity contribution in [3.63, 3.8) is 0 Å². The normalized spacial score (nSPS) is 11.2. The zero-order valence-electron chi connectivity index (χ0n) is 22.9. The van der Waals surface area contributed by atoms with Crippen molar-refractivity contribution in [1.29, 1.82) is 0 Å². The van der Waals surface area contributed by atoms with Gasteiger partial charge < -0.3 is 4.90 Å². The molecule has 0 N–H and O–H groups in total. The van der Waals surface area contributed by atoms with Gasteiger partial charge >= 0.3 is 0 Å². The van der Waals surface area contributed by atoms with Crippen molar-refractivity contribution in [2.24, 2.45) is 0 Å². The van der Waals surface area contributed by atoms with Crippen LogP contribution in [0.15, 0.2) is 0 Å². The number of hydrogen-bond donors (Lipinski definition) is 0. The van der Waals surface area contributed by atoms with Crippen LogP contribution in [0.3, 0.4) is 0 Å². The van der Waals surface area contributed by atoms with Crippen LogP contribution < -0.4 is 0 Å². The van der Waals surface area contributed by atoms with Crippen molar-refractivity contribution < 1.29 is 0 Å². The van der Waals surface area contributed by atoms with E-state index in [2.05, 4.69) is 25.7 Å². The van der Waals surface area contributed by atoms with E-state index in [1.165, 1.54) is 174 Å². The smallest absolute Gasteiger partial charge is 0.00189 e. The molecule has 32 heavy (non-hydrogen) atoms. The molecular formula is C30H64ClN. The molecule has 0 aromatic carbocycles. The summed E-state index contributed by atoms with van der Waals surface area (Å²) in [6.07, 6.45) is 35.0. The first-order chi connectivity index (χ1) is 15.3. The molecule has 0 saturated heterocycles. The van der Waals surface area contributed by atoms with E-state index in [4.69, 9.17) is 0 Å². The van der Waals surface area contributed by atoms with E-state index in [1.807, 2.05) is 0 Å². The van der Waals surface area contributed by atoms with Gasteiger partial charge in [0.15, 0.2) is 0 Å². The van der Waals surface area contributed by atoms with Crippen molar-refractivity contribution in [1.82, 2.24) is 4.90 Å². The summed E-state index contributed by atoms with van der Waals surface area (Å²) in [5.74, 6) is 0. The SMILES string of the molecule is CCCCCCCCCCCCCCCCCCCCCCN(CC)CCCCCC.Cl. The summed E-state index contributed by atoms with van der Waals surface area (Å²) in [4.78, 5) is 2.67. The molecule has 0 aromatic heterocycles. The highest BCUT2D eigenvalue weighted by molar-refractivity contribution is 5.85. The molecule has 196 valence electrons. The standard InChI is InChI=1S/C30H63N.ClH/c1-4-7-9-11-12-13-14-15-16-17-18-19-20-21-22-23-24-25-26-28-30-31(6-3)29-27-10-8-5-2;/h4-30H2,1-3H3;1H. The molecular weight excluding hydrogens is 410 g/mol. The van der Waals surface area contributed by atoms with Gasteiger partial charge in [0.05, 0.1) is 0 Å². The summed E-state index contributed by atoms with van der Waals surface area (Å²) in [6.45, 7) is 10.8. The first kappa shape index (κ1) is 34.4. The summed E-state index contributed by atoms with van der Waals surface area (Å²) >= 11 is 0. The summed E-state index contributed by atoms with van der Waals surface area (Å²) in [7, 11) is 0. The second-order valence-electron chi connectivity index (χ2n) is 10.2. The lowest BCUT2D eigenvalue weighted by Crippen LogP contribution is -2.25. The number of hydrogen-bond acceptors (Lipinski definition) is 1. The molecule has 0 aromatic rings. The Bertz CT molecular complexity index is 307. The topological polar surface area (TPSA) is 3.24 Å². The predicted octanol–water partition coefficient (Wildman–Crippen LogP) is 11.1. The summed E-state index contributed by atoms with van der Waals surface area (Å²) in [5, 5.41) is 0. The fourth-order valence-corrected chi connectivity index (χ4v) is 4.78. The summed E-state index contributed by atoms with van der Waals surface area (Å²) in [5.41, 5.74) is 0. The van der Waals surface area contributed by atoms with E-state index in [1.54, 1.807) is 0 Å². The fourth-order valence-electron chi connectivity index (χ4n) is 4.78. The maximum Gasteiger partial charge on any atom is -0.00189 e. The molecule has 0 radical (unpaired) electrons. The molecule has 0 heterocycles. The van der Waals surface area contributed by atoms with E-state index < -0.39 is 0 Å². The monoisotopic (exact) mass is 473 g/mol. The van der Waals surface area contributed by atoms with Crippen molar-refractivity contribution in [2.75, 3.05) is 19.6 Å². The minimum absolute atomic E-state index is 0. The Morgan fingerprint density at radius 2 is 0.531 bits per heavy atom. The lowest BCUT2D eigenvalue weighted by atomic mass is 10.0. The second-order valence-corrected chi connectivity index (χ2v) is 10.2. The largest absolute Gasteiger partial charge is 0.304 e. The van der Waals surface area contributed by atoms with Gasteiger partial charge in [-0.3, -0.25) is 0 Å². The Kier molecular flexibility index (Phi) is 33.6. The predicted molar refractivity (Wildman–Crippen MR) is 152 cm³/mol. The van der Waals surface area contributed by atoms with Crippen molar-refractivity contribution in [3.8, 4) is 0 Å². The quantitative estimate of drug-likeness (QED) is 0.107. The van der Waals surface area contributed by atoms with E-state index >= 15 is 0 Å². The molecule has 1 nitrogen and oxygen atoms in total. The molecule has 0 amide bonds. The molecule has 0 unspecified atom stereocenters. The second kappa shape index (κ2) is 31.2. The van der Waals surface area contributed by atoms with Gasteiger partial charge in [-0.25, -0.2) is 0 Å². The van der Waals surface area contributed by atoms with Gasteiger partial charge in [0.25, 0.3) is 0 Å². The maximum absolute atomic E-state index is 2.67. The lowest BCUT2D eigenvalue weighted by Gasteiger charge is -2.20. The van der Waals surface area contributed by atoms with E-state index in [9.17, 15) is 0 Å². The minimum atomic E-state index is 0. The zero-order valence-corrected chi connectivity index (χ0v) is 23.8. The maximum atomic E-state index is 2.67. The molecule has 0 spiro atoms. The molecule has 0 atom stereocenters. The van der Waals surface area contributed by atoms with Gasteiger partial charge in [0, 0.05) is 0 Å². The van der Waals surface area contributed by atoms with E-state index in [0.717, 1.165) is 0 Å². The highest BCUT2D eigenvalue weighted by atomic mass is 35.5. The van der Waals surface area contributed by atoms with Crippen molar-refractivity contribution in [3.05, 3.63) is 0 Å². The van der Waals surface area contributed by atoms with Crippen LogP contribution in [-0.4, -0.2) is 24.5 Å². The molecule has 0 bridgehead atoms. The van der Waals surface area contributed by atoms with Crippen LogP contribution >= 0.6 is 12.4 Å². The van der Waals surface area contributed by atoms with Crippen molar-refractivity contribution in [2.45, 2.75) is 175 Å². The Balaban J connectivity index is 0. The lowest BCUT2D eigenvalue weighted by molar-refractivity contribution is 0.273. The number of nitrogens with zero attached hydrogens (tertiary/aromatic N) is 1.